The van der Waals surface area contributed by atoms with Gasteiger partial charge in [0.05, 0.1) is 10.7 Å². The maximum atomic E-state index is 12.3. The monoisotopic (exact) mass is 408 g/mol. The Morgan fingerprint density at radius 3 is 2.48 bits per heavy atom. The smallest absolute Gasteiger partial charge is 0.270 e. The van der Waals surface area contributed by atoms with Gasteiger partial charge in [0.2, 0.25) is 5.91 Å². The highest BCUT2D eigenvalue weighted by Crippen LogP contribution is 2.21. The number of thioether (sulfide) groups is 1. The SMILES string of the molecule is O=C(CSc1ccc(NC(=O)c2cccc([N+](=O)[O-])c2)cc1)Nc1ccccn1. The maximum absolute atomic E-state index is 12.3. The van der Waals surface area contributed by atoms with Gasteiger partial charge in [0.25, 0.3) is 11.6 Å². The average molecular weight is 408 g/mol. The molecule has 8 nitrogen and oxygen atoms in total. The predicted octanol–water partition coefficient (Wildman–Crippen LogP) is 3.97. The van der Waals surface area contributed by atoms with Gasteiger partial charge in [0, 0.05) is 34.5 Å². The Labute approximate surface area is 170 Å². The van der Waals surface area contributed by atoms with Gasteiger partial charge in [-0.2, -0.15) is 0 Å². The van der Waals surface area contributed by atoms with E-state index in [1.54, 1.807) is 48.7 Å². The molecule has 0 aliphatic heterocycles. The van der Waals surface area contributed by atoms with Gasteiger partial charge in [0.15, 0.2) is 0 Å². The zero-order chi connectivity index (χ0) is 20.6. The van der Waals surface area contributed by atoms with Gasteiger partial charge in [-0.1, -0.05) is 12.1 Å². The van der Waals surface area contributed by atoms with Crippen LogP contribution in [0.3, 0.4) is 0 Å². The van der Waals surface area contributed by atoms with Crippen LogP contribution in [0.2, 0.25) is 0 Å². The highest BCUT2D eigenvalue weighted by molar-refractivity contribution is 8.00. The number of aromatic nitrogens is 1. The number of carbonyl (C=O) groups is 2. The van der Waals surface area contributed by atoms with E-state index in [0.717, 1.165) is 4.90 Å². The summed E-state index contributed by atoms with van der Waals surface area (Å²) in [6, 6.07) is 17.7. The Morgan fingerprint density at radius 2 is 1.79 bits per heavy atom. The summed E-state index contributed by atoms with van der Waals surface area (Å²) in [7, 11) is 0. The van der Waals surface area contributed by atoms with Crippen LogP contribution in [0.25, 0.3) is 0 Å². The molecule has 0 saturated heterocycles. The number of non-ortho nitro benzene ring substituents is 1. The molecule has 0 aliphatic rings. The lowest BCUT2D eigenvalue weighted by molar-refractivity contribution is -0.384. The minimum absolute atomic E-state index is 0.145. The number of nitrogens with zero attached hydrogens (tertiary/aromatic N) is 2. The van der Waals surface area contributed by atoms with Crippen LogP contribution in [-0.4, -0.2) is 27.5 Å². The summed E-state index contributed by atoms with van der Waals surface area (Å²) in [6.45, 7) is 0. The maximum Gasteiger partial charge on any atom is 0.270 e. The molecule has 0 saturated carbocycles. The summed E-state index contributed by atoms with van der Waals surface area (Å²) in [5.41, 5.74) is 0.598. The molecule has 2 amide bonds. The van der Waals surface area contributed by atoms with E-state index in [1.165, 1.54) is 36.0 Å². The van der Waals surface area contributed by atoms with Crippen LogP contribution in [0.1, 0.15) is 10.4 Å². The molecule has 9 heteroatoms. The van der Waals surface area contributed by atoms with Crippen molar-refractivity contribution in [3.05, 3.63) is 88.6 Å². The fourth-order valence-electron chi connectivity index (χ4n) is 2.36. The number of nitro benzene ring substituents is 1. The number of amides is 2. The van der Waals surface area contributed by atoms with E-state index in [1.807, 2.05) is 0 Å². The number of hydrogen-bond donors (Lipinski definition) is 2. The highest BCUT2D eigenvalue weighted by Gasteiger charge is 2.12. The lowest BCUT2D eigenvalue weighted by Gasteiger charge is -2.07. The van der Waals surface area contributed by atoms with E-state index < -0.39 is 10.8 Å². The van der Waals surface area contributed by atoms with Gasteiger partial charge in [-0.25, -0.2) is 4.98 Å². The molecular formula is C20H16N4O4S. The summed E-state index contributed by atoms with van der Waals surface area (Å²) < 4.78 is 0. The summed E-state index contributed by atoms with van der Waals surface area (Å²) in [5.74, 6) is 0.105. The number of nitrogens with one attached hydrogen (secondary N) is 2. The minimum atomic E-state index is -0.549. The van der Waals surface area contributed by atoms with Gasteiger partial charge >= 0.3 is 0 Å². The molecule has 3 aromatic rings. The van der Waals surface area contributed by atoms with Crippen LogP contribution >= 0.6 is 11.8 Å². The summed E-state index contributed by atoms with van der Waals surface area (Å²) >= 11 is 1.35. The van der Waals surface area contributed by atoms with Crippen molar-refractivity contribution in [1.29, 1.82) is 0 Å². The van der Waals surface area contributed by atoms with Crippen LogP contribution in [0.4, 0.5) is 17.2 Å². The van der Waals surface area contributed by atoms with Crippen molar-refractivity contribution in [2.45, 2.75) is 4.90 Å². The topological polar surface area (TPSA) is 114 Å². The number of rotatable bonds is 7. The van der Waals surface area contributed by atoms with Gasteiger partial charge in [-0.15, -0.1) is 11.8 Å². The minimum Gasteiger partial charge on any atom is -0.322 e. The Morgan fingerprint density at radius 1 is 1.00 bits per heavy atom. The van der Waals surface area contributed by atoms with Crippen LogP contribution < -0.4 is 10.6 Å². The van der Waals surface area contributed by atoms with Gasteiger partial charge < -0.3 is 10.6 Å². The fraction of sp³-hybridized carbons (Fsp3) is 0.0500. The lowest BCUT2D eigenvalue weighted by atomic mass is 10.2. The third-order valence-corrected chi connectivity index (χ3v) is 4.75. The van der Waals surface area contributed by atoms with Crippen LogP contribution in [0, 0.1) is 10.1 Å². The molecule has 0 spiro atoms. The summed E-state index contributed by atoms with van der Waals surface area (Å²) in [5, 5.41) is 16.2. The number of nitro groups is 1. The van der Waals surface area contributed by atoms with Crippen LogP contribution in [0.5, 0.6) is 0 Å². The molecule has 2 N–H and O–H groups in total. The Hall–Kier alpha value is -3.72. The third-order valence-electron chi connectivity index (χ3n) is 3.73. The second kappa shape index (κ2) is 9.47. The quantitative estimate of drug-likeness (QED) is 0.347. The molecule has 29 heavy (non-hydrogen) atoms. The molecule has 2 aromatic carbocycles. The third kappa shape index (κ3) is 5.88. The summed E-state index contributed by atoms with van der Waals surface area (Å²) in [6.07, 6.45) is 1.60. The Balaban J connectivity index is 1.53. The van der Waals surface area contributed by atoms with Crippen LogP contribution in [0.15, 0.2) is 77.8 Å². The van der Waals surface area contributed by atoms with E-state index in [-0.39, 0.29) is 22.9 Å². The zero-order valence-electron chi connectivity index (χ0n) is 15.1. The molecule has 1 aromatic heterocycles. The summed E-state index contributed by atoms with van der Waals surface area (Å²) in [4.78, 5) is 39.4. The van der Waals surface area contributed by atoms with Crippen molar-refractivity contribution in [3.63, 3.8) is 0 Å². The lowest BCUT2D eigenvalue weighted by Crippen LogP contribution is -2.14. The second-order valence-corrected chi connectivity index (χ2v) is 6.89. The highest BCUT2D eigenvalue weighted by atomic mass is 32.2. The Kier molecular flexibility index (Phi) is 6.54. The van der Waals surface area contributed by atoms with Crippen LogP contribution in [-0.2, 0) is 4.79 Å². The second-order valence-electron chi connectivity index (χ2n) is 5.84. The first-order valence-electron chi connectivity index (χ1n) is 8.51. The molecule has 0 unspecified atom stereocenters. The zero-order valence-corrected chi connectivity index (χ0v) is 15.9. The first-order valence-corrected chi connectivity index (χ1v) is 9.49. The van der Waals surface area contributed by atoms with Crippen molar-refractivity contribution in [3.8, 4) is 0 Å². The molecule has 146 valence electrons. The molecule has 0 fully saturated rings. The number of pyridine rings is 1. The molecule has 0 bridgehead atoms. The normalized spacial score (nSPS) is 10.2. The standard InChI is InChI=1S/C20H16N4O4S/c25-19(23-18-6-1-2-11-21-18)13-29-17-9-7-15(8-10-17)22-20(26)14-4-3-5-16(12-14)24(27)28/h1-12H,13H2,(H,22,26)(H,21,23,25). The molecule has 0 atom stereocenters. The van der Waals surface area contributed by atoms with E-state index in [0.29, 0.717) is 11.5 Å². The molecule has 0 aliphatic carbocycles. The first kappa shape index (κ1) is 20.0. The number of carbonyl (C=O) groups excluding carboxylic acids is 2. The number of anilines is 2. The number of hydrogen-bond acceptors (Lipinski definition) is 6. The van der Waals surface area contributed by atoms with E-state index in [2.05, 4.69) is 15.6 Å². The number of benzene rings is 2. The Bertz CT molecular complexity index is 1030. The average Bonchev–Trinajstić information content (AvgIpc) is 2.74. The van der Waals surface area contributed by atoms with Crippen molar-refractivity contribution in [2.24, 2.45) is 0 Å². The van der Waals surface area contributed by atoms with E-state index >= 15 is 0 Å². The molecular weight excluding hydrogens is 392 g/mol. The van der Waals surface area contributed by atoms with Gasteiger partial charge in [-0.3, -0.25) is 19.7 Å². The predicted molar refractivity (Wildman–Crippen MR) is 111 cm³/mol. The molecule has 0 radical (unpaired) electrons. The van der Waals surface area contributed by atoms with Crippen molar-refractivity contribution >= 4 is 40.8 Å². The van der Waals surface area contributed by atoms with Crippen molar-refractivity contribution < 1.29 is 14.5 Å². The van der Waals surface area contributed by atoms with Gasteiger partial charge in [-0.05, 0) is 42.5 Å². The van der Waals surface area contributed by atoms with Crippen molar-refractivity contribution in [2.75, 3.05) is 16.4 Å². The van der Waals surface area contributed by atoms with Gasteiger partial charge in [0.1, 0.15) is 5.82 Å². The van der Waals surface area contributed by atoms with Crippen molar-refractivity contribution in [1.82, 2.24) is 4.98 Å². The largest absolute Gasteiger partial charge is 0.322 e. The van der Waals surface area contributed by atoms with E-state index in [9.17, 15) is 19.7 Å². The molecule has 1 heterocycles. The fourth-order valence-corrected chi connectivity index (χ4v) is 3.06. The molecule has 3 rings (SSSR count). The van der Waals surface area contributed by atoms with E-state index in [4.69, 9.17) is 0 Å². The first-order chi connectivity index (χ1) is 14.0.